The fourth-order valence-electron chi connectivity index (χ4n) is 3.84. The van der Waals surface area contributed by atoms with Crippen molar-refractivity contribution in [2.45, 2.75) is 25.4 Å². The van der Waals surface area contributed by atoms with Crippen LogP contribution in [-0.4, -0.2) is 34.4 Å². The zero-order valence-corrected chi connectivity index (χ0v) is 13.5. The van der Waals surface area contributed by atoms with Crippen LogP contribution in [0.5, 0.6) is 0 Å². The molecule has 0 bridgehead atoms. The molecule has 0 radical (unpaired) electrons. The second-order valence-corrected chi connectivity index (χ2v) is 6.51. The highest BCUT2D eigenvalue weighted by atomic mass is 16.2. The van der Waals surface area contributed by atoms with Gasteiger partial charge in [0.15, 0.2) is 0 Å². The maximum Gasteiger partial charge on any atom is 0.227 e. The molecule has 1 N–H and O–H groups in total. The maximum absolute atomic E-state index is 13.2. The van der Waals surface area contributed by atoms with Crippen molar-refractivity contribution in [3.8, 4) is 0 Å². The van der Waals surface area contributed by atoms with Crippen molar-refractivity contribution in [3.63, 3.8) is 0 Å². The van der Waals surface area contributed by atoms with Gasteiger partial charge in [-0.05, 0) is 24.1 Å². The largest absolute Gasteiger partial charge is 0.356 e. The van der Waals surface area contributed by atoms with E-state index >= 15 is 0 Å². The maximum atomic E-state index is 13.2. The highest BCUT2D eigenvalue weighted by Crippen LogP contribution is 2.34. The molecule has 24 heavy (non-hydrogen) atoms. The van der Waals surface area contributed by atoms with E-state index < -0.39 is 0 Å². The van der Waals surface area contributed by atoms with E-state index in [4.69, 9.17) is 0 Å². The quantitative estimate of drug-likeness (QED) is 0.918. The van der Waals surface area contributed by atoms with Crippen LogP contribution in [-0.2, 0) is 16.1 Å². The normalized spacial score (nSPS) is 23.5. The topological polar surface area (TPSA) is 54.3 Å². The molecule has 2 atom stereocenters. The van der Waals surface area contributed by atoms with Gasteiger partial charge < -0.3 is 14.8 Å². The van der Waals surface area contributed by atoms with E-state index in [1.54, 1.807) is 0 Å². The van der Waals surface area contributed by atoms with Crippen LogP contribution in [0.15, 0.2) is 48.7 Å². The molecule has 2 amide bonds. The first kappa shape index (κ1) is 15.0. The number of piperidine rings is 1. The fraction of sp³-hybridized carbons (Fsp3) is 0.368. The first-order chi connectivity index (χ1) is 11.7. The van der Waals surface area contributed by atoms with Crippen LogP contribution in [0.4, 0.5) is 0 Å². The van der Waals surface area contributed by atoms with Crippen LogP contribution < -0.4 is 5.32 Å². The van der Waals surface area contributed by atoms with Gasteiger partial charge in [-0.2, -0.15) is 0 Å². The summed E-state index contributed by atoms with van der Waals surface area (Å²) in [7, 11) is 0. The molecular weight excluding hydrogens is 302 g/mol. The third-order valence-corrected chi connectivity index (χ3v) is 5.03. The van der Waals surface area contributed by atoms with Crippen LogP contribution in [0.2, 0.25) is 0 Å². The number of rotatable bonds is 2. The van der Waals surface area contributed by atoms with Gasteiger partial charge in [0.25, 0.3) is 0 Å². The van der Waals surface area contributed by atoms with E-state index in [0.29, 0.717) is 19.5 Å². The van der Waals surface area contributed by atoms with Crippen molar-refractivity contribution in [2.75, 3.05) is 13.1 Å². The summed E-state index contributed by atoms with van der Waals surface area (Å²) in [5.41, 5.74) is 2.26. The summed E-state index contributed by atoms with van der Waals surface area (Å²) in [4.78, 5) is 26.8. The number of fused-ring (bicyclic) bond motifs is 1. The molecule has 2 aliphatic rings. The number of hydrogen-bond donors (Lipinski definition) is 1. The number of hydrogen-bond acceptors (Lipinski definition) is 2. The second kappa shape index (κ2) is 6.15. The van der Waals surface area contributed by atoms with E-state index in [-0.39, 0.29) is 23.8 Å². The average molecular weight is 323 g/mol. The van der Waals surface area contributed by atoms with Gasteiger partial charge >= 0.3 is 0 Å². The predicted octanol–water partition coefficient (Wildman–Crippen LogP) is 1.95. The van der Waals surface area contributed by atoms with Crippen molar-refractivity contribution in [2.24, 2.45) is 5.92 Å². The summed E-state index contributed by atoms with van der Waals surface area (Å²) >= 11 is 0. The second-order valence-electron chi connectivity index (χ2n) is 6.51. The van der Waals surface area contributed by atoms with Gasteiger partial charge in [-0.25, -0.2) is 0 Å². The molecule has 3 heterocycles. The first-order valence-electron chi connectivity index (χ1n) is 8.51. The smallest absolute Gasteiger partial charge is 0.227 e. The Morgan fingerprint density at radius 3 is 2.71 bits per heavy atom. The van der Waals surface area contributed by atoms with Gasteiger partial charge in [0.05, 0.1) is 6.04 Å². The molecular formula is C19H21N3O2. The Morgan fingerprint density at radius 1 is 1.08 bits per heavy atom. The monoisotopic (exact) mass is 323 g/mol. The molecule has 124 valence electrons. The molecule has 1 aromatic carbocycles. The lowest BCUT2D eigenvalue weighted by molar-refractivity contribution is -0.142. The molecule has 5 nitrogen and oxygen atoms in total. The van der Waals surface area contributed by atoms with Crippen LogP contribution in [0.25, 0.3) is 0 Å². The number of nitrogens with one attached hydrogen (secondary N) is 1. The Kier molecular flexibility index (Phi) is 3.84. The minimum atomic E-state index is -0.202. The Hall–Kier alpha value is -2.56. The van der Waals surface area contributed by atoms with E-state index in [1.807, 2.05) is 29.2 Å². The molecule has 2 aromatic rings. The van der Waals surface area contributed by atoms with Gasteiger partial charge in [-0.3, -0.25) is 9.59 Å². The van der Waals surface area contributed by atoms with Crippen LogP contribution in [0.1, 0.15) is 30.1 Å². The highest BCUT2D eigenvalue weighted by molar-refractivity contribution is 5.87. The predicted molar refractivity (Wildman–Crippen MR) is 90.2 cm³/mol. The van der Waals surface area contributed by atoms with E-state index in [9.17, 15) is 9.59 Å². The van der Waals surface area contributed by atoms with Gasteiger partial charge in [-0.1, -0.05) is 30.3 Å². The lowest BCUT2D eigenvalue weighted by atomic mass is 9.92. The summed E-state index contributed by atoms with van der Waals surface area (Å²) in [5.74, 6) is -0.117. The number of aromatic nitrogens is 1. The van der Waals surface area contributed by atoms with E-state index in [1.165, 1.54) is 0 Å². The Labute approximate surface area is 141 Å². The van der Waals surface area contributed by atoms with Crippen molar-refractivity contribution in [3.05, 3.63) is 59.9 Å². The third kappa shape index (κ3) is 2.60. The lowest BCUT2D eigenvalue weighted by Gasteiger charge is -2.39. The van der Waals surface area contributed by atoms with Gasteiger partial charge in [0, 0.05) is 43.9 Å². The third-order valence-electron chi connectivity index (χ3n) is 5.03. The number of nitrogens with zero attached hydrogens (tertiary/aromatic N) is 2. The first-order valence-corrected chi connectivity index (χ1v) is 8.51. The summed E-state index contributed by atoms with van der Waals surface area (Å²) in [5, 5.41) is 2.81. The summed E-state index contributed by atoms with van der Waals surface area (Å²) in [6.45, 7) is 2.07. The van der Waals surface area contributed by atoms with Crippen LogP contribution in [0, 0.1) is 5.92 Å². The van der Waals surface area contributed by atoms with Gasteiger partial charge in [-0.15, -0.1) is 0 Å². The molecule has 5 heteroatoms. The van der Waals surface area contributed by atoms with Crippen molar-refractivity contribution >= 4 is 11.8 Å². The standard InChI is InChI=1S/C19H21N3O2/c23-17-13-15(8-9-20-17)19(24)22-12-11-21-10-4-7-16(21)18(22)14-5-2-1-3-6-14/h1-7,10,15,18H,8-9,11-13H2,(H,20,23)/t15-,18-/m0/s1. The number of carbonyl (C=O) groups excluding carboxylic acids is 2. The molecule has 0 saturated carbocycles. The Balaban J connectivity index is 1.68. The summed E-state index contributed by atoms with van der Waals surface area (Å²) in [6.07, 6.45) is 3.10. The number of benzene rings is 1. The zero-order valence-electron chi connectivity index (χ0n) is 13.5. The Bertz CT molecular complexity index is 753. The van der Waals surface area contributed by atoms with Crippen LogP contribution in [0.3, 0.4) is 0 Å². The highest BCUT2D eigenvalue weighted by Gasteiger charge is 2.36. The molecule has 0 aliphatic carbocycles. The zero-order chi connectivity index (χ0) is 16.5. The molecule has 1 saturated heterocycles. The number of amides is 2. The van der Waals surface area contributed by atoms with E-state index in [2.05, 4.69) is 34.3 Å². The Morgan fingerprint density at radius 2 is 1.92 bits per heavy atom. The van der Waals surface area contributed by atoms with Crippen molar-refractivity contribution < 1.29 is 9.59 Å². The van der Waals surface area contributed by atoms with E-state index in [0.717, 1.165) is 24.2 Å². The molecule has 4 rings (SSSR count). The summed E-state index contributed by atoms with van der Waals surface area (Å²) in [6, 6.07) is 14.2. The molecule has 2 aliphatic heterocycles. The minimum absolute atomic E-state index is 0.0174. The van der Waals surface area contributed by atoms with Gasteiger partial charge in [0.1, 0.15) is 0 Å². The molecule has 0 unspecified atom stereocenters. The fourth-order valence-corrected chi connectivity index (χ4v) is 3.84. The average Bonchev–Trinajstić information content (AvgIpc) is 3.09. The van der Waals surface area contributed by atoms with Gasteiger partial charge in [0.2, 0.25) is 11.8 Å². The lowest BCUT2D eigenvalue weighted by Crippen LogP contribution is -2.48. The van der Waals surface area contributed by atoms with Crippen LogP contribution >= 0.6 is 0 Å². The number of carbonyl (C=O) groups is 2. The van der Waals surface area contributed by atoms with Crippen molar-refractivity contribution in [1.82, 2.24) is 14.8 Å². The molecule has 1 aromatic heterocycles. The molecule has 1 fully saturated rings. The summed E-state index contributed by atoms with van der Waals surface area (Å²) < 4.78 is 2.22. The SMILES string of the molecule is O=C1C[C@@H](C(=O)N2CCn3cccc3[C@@H]2c2ccccc2)CCN1. The van der Waals surface area contributed by atoms with Crippen molar-refractivity contribution in [1.29, 1.82) is 0 Å². The molecule has 0 spiro atoms. The minimum Gasteiger partial charge on any atom is -0.356 e.